The van der Waals surface area contributed by atoms with E-state index in [-0.39, 0.29) is 17.5 Å². The summed E-state index contributed by atoms with van der Waals surface area (Å²) in [5.41, 5.74) is 1.04. The first kappa shape index (κ1) is 15.4. The fraction of sp³-hybridized carbons (Fsp3) is 0.0667. The number of alkyl halides is 3. The van der Waals surface area contributed by atoms with Crippen LogP contribution in [0.15, 0.2) is 52.9 Å². The molecule has 0 N–H and O–H groups in total. The van der Waals surface area contributed by atoms with Crippen molar-refractivity contribution in [2.24, 2.45) is 0 Å². The molecule has 0 radical (unpaired) electrons. The zero-order chi connectivity index (χ0) is 16.4. The normalized spacial score (nSPS) is 11.5. The lowest BCUT2D eigenvalue weighted by molar-refractivity contribution is -0.274. The van der Waals surface area contributed by atoms with E-state index in [9.17, 15) is 13.2 Å². The molecule has 0 atom stereocenters. The Balaban J connectivity index is 1.85. The molecule has 0 aliphatic heterocycles. The SMILES string of the molecule is FC(F)(F)Oc1ccc(-c2nnc(-c3ccccc3Cl)o2)cc1. The molecular formula is C15H8ClF3N2O2. The predicted octanol–water partition coefficient (Wildman–Crippen LogP) is 4.96. The van der Waals surface area contributed by atoms with Crippen LogP contribution in [-0.2, 0) is 0 Å². The van der Waals surface area contributed by atoms with E-state index in [4.69, 9.17) is 16.0 Å². The van der Waals surface area contributed by atoms with Gasteiger partial charge in [0.25, 0.3) is 0 Å². The largest absolute Gasteiger partial charge is 0.573 e. The Bertz CT molecular complexity index is 816. The highest BCUT2D eigenvalue weighted by Gasteiger charge is 2.31. The monoisotopic (exact) mass is 340 g/mol. The van der Waals surface area contributed by atoms with Crippen molar-refractivity contribution in [1.29, 1.82) is 0 Å². The van der Waals surface area contributed by atoms with Gasteiger partial charge in [0.15, 0.2) is 0 Å². The minimum absolute atomic E-state index is 0.165. The molecule has 2 aromatic carbocycles. The second-order valence-electron chi connectivity index (χ2n) is 4.46. The highest BCUT2D eigenvalue weighted by atomic mass is 35.5. The molecular weight excluding hydrogens is 333 g/mol. The molecule has 23 heavy (non-hydrogen) atoms. The van der Waals surface area contributed by atoms with Crippen LogP contribution in [0.5, 0.6) is 5.75 Å². The lowest BCUT2D eigenvalue weighted by atomic mass is 10.2. The lowest BCUT2D eigenvalue weighted by Gasteiger charge is -2.08. The van der Waals surface area contributed by atoms with E-state index in [0.29, 0.717) is 16.1 Å². The number of rotatable bonds is 3. The summed E-state index contributed by atoms with van der Waals surface area (Å²) >= 11 is 6.05. The third-order valence-corrected chi connectivity index (χ3v) is 3.19. The first-order valence-electron chi connectivity index (χ1n) is 6.37. The summed E-state index contributed by atoms with van der Waals surface area (Å²) in [4.78, 5) is 0. The Hall–Kier alpha value is -2.54. The van der Waals surface area contributed by atoms with Crippen LogP contribution in [0.4, 0.5) is 13.2 Å². The predicted molar refractivity (Wildman–Crippen MR) is 76.9 cm³/mol. The summed E-state index contributed by atoms with van der Waals surface area (Å²) in [5, 5.41) is 8.22. The molecule has 3 rings (SSSR count). The van der Waals surface area contributed by atoms with Crippen LogP contribution in [0.1, 0.15) is 0 Å². The van der Waals surface area contributed by atoms with E-state index in [1.54, 1.807) is 24.3 Å². The average Bonchev–Trinajstić information content (AvgIpc) is 2.96. The average molecular weight is 341 g/mol. The summed E-state index contributed by atoms with van der Waals surface area (Å²) in [7, 11) is 0. The van der Waals surface area contributed by atoms with Gasteiger partial charge in [0.05, 0.1) is 10.6 Å². The fourth-order valence-electron chi connectivity index (χ4n) is 1.88. The van der Waals surface area contributed by atoms with Gasteiger partial charge in [-0.25, -0.2) is 0 Å². The van der Waals surface area contributed by atoms with Crippen LogP contribution in [0.3, 0.4) is 0 Å². The van der Waals surface area contributed by atoms with Crippen LogP contribution < -0.4 is 4.74 Å². The minimum atomic E-state index is -4.73. The molecule has 1 heterocycles. The van der Waals surface area contributed by atoms with E-state index in [2.05, 4.69) is 14.9 Å². The smallest absolute Gasteiger partial charge is 0.416 e. The summed E-state index contributed by atoms with van der Waals surface area (Å²) in [6.45, 7) is 0. The van der Waals surface area contributed by atoms with Gasteiger partial charge in [-0.15, -0.1) is 23.4 Å². The second-order valence-corrected chi connectivity index (χ2v) is 4.87. The molecule has 0 unspecified atom stereocenters. The van der Waals surface area contributed by atoms with Crippen molar-refractivity contribution in [3.63, 3.8) is 0 Å². The van der Waals surface area contributed by atoms with Gasteiger partial charge in [0.1, 0.15) is 5.75 Å². The van der Waals surface area contributed by atoms with E-state index in [1.807, 2.05) is 0 Å². The molecule has 0 bridgehead atoms. The van der Waals surface area contributed by atoms with Crippen molar-refractivity contribution in [2.75, 3.05) is 0 Å². The summed E-state index contributed by atoms with van der Waals surface area (Å²) in [6, 6.07) is 12.1. The van der Waals surface area contributed by atoms with E-state index < -0.39 is 6.36 Å². The van der Waals surface area contributed by atoms with Gasteiger partial charge >= 0.3 is 6.36 Å². The minimum Gasteiger partial charge on any atom is -0.416 e. The van der Waals surface area contributed by atoms with Gasteiger partial charge < -0.3 is 9.15 Å². The lowest BCUT2D eigenvalue weighted by Crippen LogP contribution is -2.16. The topological polar surface area (TPSA) is 48.2 Å². The van der Waals surface area contributed by atoms with E-state index >= 15 is 0 Å². The van der Waals surface area contributed by atoms with Gasteiger partial charge in [-0.2, -0.15) is 0 Å². The maximum absolute atomic E-state index is 12.1. The van der Waals surface area contributed by atoms with Crippen LogP contribution >= 0.6 is 11.6 Å². The van der Waals surface area contributed by atoms with Crippen LogP contribution in [0.25, 0.3) is 22.9 Å². The molecule has 1 aromatic heterocycles. The van der Waals surface area contributed by atoms with Gasteiger partial charge in [0.2, 0.25) is 11.8 Å². The van der Waals surface area contributed by atoms with Crippen LogP contribution in [-0.4, -0.2) is 16.6 Å². The first-order chi connectivity index (χ1) is 10.9. The third-order valence-electron chi connectivity index (χ3n) is 2.86. The zero-order valence-electron chi connectivity index (χ0n) is 11.3. The number of hydrogen-bond acceptors (Lipinski definition) is 4. The fourth-order valence-corrected chi connectivity index (χ4v) is 2.10. The van der Waals surface area contributed by atoms with Crippen LogP contribution in [0.2, 0.25) is 5.02 Å². The van der Waals surface area contributed by atoms with E-state index in [1.165, 1.54) is 24.3 Å². The van der Waals surface area contributed by atoms with Gasteiger partial charge in [-0.05, 0) is 36.4 Å². The highest BCUT2D eigenvalue weighted by molar-refractivity contribution is 6.33. The quantitative estimate of drug-likeness (QED) is 0.676. The highest BCUT2D eigenvalue weighted by Crippen LogP contribution is 2.30. The molecule has 0 aliphatic rings. The number of halogens is 4. The van der Waals surface area contributed by atoms with Gasteiger partial charge in [-0.3, -0.25) is 0 Å². The second kappa shape index (κ2) is 5.92. The van der Waals surface area contributed by atoms with Crippen molar-refractivity contribution < 1.29 is 22.3 Å². The number of ether oxygens (including phenoxy) is 1. The van der Waals surface area contributed by atoms with Crippen LogP contribution in [0, 0.1) is 0 Å². The number of hydrogen-bond donors (Lipinski definition) is 0. The van der Waals surface area contributed by atoms with Crippen molar-refractivity contribution in [2.45, 2.75) is 6.36 Å². The molecule has 0 saturated heterocycles. The molecule has 0 saturated carbocycles. The molecule has 0 fully saturated rings. The van der Waals surface area contributed by atoms with Gasteiger partial charge in [0, 0.05) is 5.56 Å². The molecule has 0 aliphatic carbocycles. The molecule has 0 amide bonds. The zero-order valence-corrected chi connectivity index (χ0v) is 12.1. The Kier molecular flexibility index (Phi) is 3.96. The van der Waals surface area contributed by atoms with Crippen molar-refractivity contribution in [3.05, 3.63) is 53.6 Å². The van der Waals surface area contributed by atoms with Gasteiger partial charge in [-0.1, -0.05) is 23.7 Å². The molecule has 8 heteroatoms. The van der Waals surface area contributed by atoms with Crippen molar-refractivity contribution in [3.8, 4) is 28.7 Å². The summed E-state index contributed by atoms with van der Waals surface area (Å²) in [6.07, 6.45) is -4.73. The molecule has 4 nitrogen and oxygen atoms in total. The van der Waals surface area contributed by atoms with Crippen molar-refractivity contribution in [1.82, 2.24) is 10.2 Å². The Morgan fingerprint density at radius 2 is 1.57 bits per heavy atom. The molecule has 0 spiro atoms. The Morgan fingerprint density at radius 3 is 2.22 bits per heavy atom. The number of nitrogens with zero attached hydrogens (tertiary/aromatic N) is 2. The Morgan fingerprint density at radius 1 is 0.913 bits per heavy atom. The first-order valence-corrected chi connectivity index (χ1v) is 6.75. The third kappa shape index (κ3) is 3.62. The molecule has 3 aromatic rings. The Labute approximate surface area is 133 Å². The number of benzene rings is 2. The van der Waals surface area contributed by atoms with Crippen molar-refractivity contribution >= 4 is 11.6 Å². The maximum Gasteiger partial charge on any atom is 0.573 e. The summed E-state index contributed by atoms with van der Waals surface area (Å²) < 4.78 is 45.7. The summed E-state index contributed by atoms with van der Waals surface area (Å²) in [5.74, 6) is 0.0618. The van der Waals surface area contributed by atoms with E-state index in [0.717, 1.165) is 0 Å². The molecule has 118 valence electrons. The maximum atomic E-state index is 12.1. The standard InChI is InChI=1S/C15H8ClF3N2O2/c16-12-4-2-1-3-11(12)14-21-20-13(22-14)9-5-7-10(8-6-9)23-15(17,18)19/h1-8H. The number of aromatic nitrogens is 2.